The zero-order valence-corrected chi connectivity index (χ0v) is 16.1. The molecule has 2 heterocycles. The monoisotopic (exact) mass is 364 g/mol. The van der Waals surface area contributed by atoms with Crippen molar-refractivity contribution in [3.05, 3.63) is 70.2 Å². The van der Waals surface area contributed by atoms with Gasteiger partial charge in [-0.3, -0.25) is 4.79 Å². The van der Waals surface area contributed by atoms with E-state index in [1.54, 1.807) is 6.07 Å². The molecule has 1 atom stereocenters. The van der Waals surface area contributed by atoms with Crippen LogP contribution in [0.4, 0.5) is 4.39 Å². The van der Waals surface area contributed by atoms with Crippen molar-refractivity contribution in [2.24, 2.45) is 0 Å². The topological polar surface area (TPSA) is 36.1 Å². The maximum atomic E-state index is 13.7. The number of aryl methyl sites for hydroxylation is 3. The highest BCUT2D eigenvalue weighted by molar-refractivity contribution is 5.90. The normalized spacial score (nSPS) is 17.0. The Hall–Kier alpha value is -2.62. The molecule has 0 saturated carbocycles. The number of hydrogen-bond donors (Lipinski definition) is 1. The fraction of sp³-hybridized carbons (Fsp3) is 0.348. The summed E-state index contributed by atoms with van der Waals surface area (Å²) >= 11 is 0. The highest BCUT2D eigenvalue weighted by Crippen LogP contribution is 2.34. The second-order valence-corrected chi connectivity index (χ2v) is 7.68. The molecule has 1 fully saturated rings. The highest BCUT2D eigenvalue weighted by atomic mass is 19.1. The lowest BCUT2D eigenvalue weighted by atomic mass is 9.99. The Morgan fingerprint density at radius 1 is 1.15 bits per heavy atom. The van der Waals surface area contributed by atoms with Crippen LogP contribution in [0.5, 0.6) is 0 Å². The summed E-state index contributed by atoms with van der Waals surface area (Å²) in [6, 6.07) is 11.3. The molecule has 1 N–H and O–H groups in total. The van der Waals surface area contributed by atoms with Crippen LogP contribution in [0.15, 0.2) is 36.4 Å². The van der Waals surface area contributed by atoms with Crippen molar-refractivity contribution in [3.8, 4) is 0 Å². The van der Waals surface area contributed by atoms with Gasteiger partial charge in [-0.1, -0.05) is 18.2 Å². The average Bonchev–Trinajstić information content (AvgIpc) is 3.23. The van der Waals surface area contributed by atoms with E-state index in [1.165, 1.54) is 28.8 Å². The fourth-order valence-corrected chi connectivity index (χ4v) is 4.22. The number of halogens is 1. The van der Waals surface area contributed by atoms with Gasteiger partial charge in [0.25, 0.3) is 0 Å². The van der Waals surface area contributed by atoms with Crippen molar-refractivity contribution in [1.29, 1.82) is 0 Å². The zero-order chi connectivity index (χ0) is 19.1. The molecule has 3 nitrogen and oxygen atoms in total. The summed E-state index contributed by atoms with van der Waals surface area (Å²) < 4.78 is 13.7. The van der Waals surface area contributed by atoms with Crippen molar-refractivity contribution in [2.75, 3.05) is 6.54 Å². The molecule has 0 bridgehead atoms. The van der Waals surface area contributed by atoms with Crippen LogP contribution in [0.25, 0.3) is 10.9 Å². The van der Waals surface area contributed by atoms with Crippen LogP contribution in [-0.2, 0) is 11.2 Å². The zero-order valence-electron chi connectivity index (χ0n) is 16.1. The van der Waals surface area contributed by atoms with Crippen molar-refractivity contribution < 1.29 is 9.18 Å². The number of H-pyrrole nitrogens is 1. The quantitative estimate of drug-likeness (QED) is 0.686. The molecule has 27 heavy (non-hydrogen) atoms. The molecule has 1 aromatic heterocycles. The predicted molar refractivity (Wildman–Crippen MR) is 106 cm³/mol. The molecule has 0 aliphatic carbocycles. The summed E-state index contributed by atoms with van der Waals surface area (Å²) in [7, 11) is 0. The van der Waals surface area contributed by atoms with Crippen molar-refractivity contribution in [1.82, 2.24) is 9.88 Å². The summed E-state index contributed by atoms with van der Waals surface area (Å²) in [5.74, 6) is -0.159. The predicted octanol–water partition coefficient (Wildman–Crippen LogP) is 5.14. The van der Waals surface area contributed by atoms with E-state index in [0.29, 0.717) is 6.42 Å². The average molecular weight is 364 g/mol. The Labute approximate surface area is 159 Å². The van der Waals surface area contributed by atoms with Gasteiger partial charge in [-0.05, 0) is 74.1 Å². The first kappa shape index (κ1) is 17.8. The van der Waals surface area contributed by atoms with Gasteiger partial charge in [-0.2, -0.15) is 0 Å². The van der Waals surface area contributed by atoms with E-state index in [9.17, 15) is 9.18 Å². The number of amides is 1. The minimum absolute atomic E-state index is 0.115. The molecular formula is C23H25FN2O. The first-order valence-electron chi connectivity index (χ1n) is 9.57. The van der Waals surface area contributed by atoms with Crippen molar-refractivity contribution in [3.63, 3.8) is 0 Å². The van der Waals surface area contributed by atoms with Gasteiger partial charge in [0.15, 0.2) is 0 Å². The minimum atomic E-state index is -0.274. The molecule has 1 amide bonds. The smallest absolute Gasteiger partial charge is 0.227 e. The molecule has 1 unspecified atom stereocenters. The lowest BCUT2D eigenvalue weighted by Gasteiger charge is -2.26. The van der Waals surface area contributed by atoms with Gasteiger partial charge in [-0.25, -0.2) is 4.39 Å². The van der Waals surface area contributed by atoms with Crippen LogP contribution in [0.1, 0.15) is 46.8 Å². The Kier molecular flexibility index (Phi) is 4.50. The molecule has 1 saturated heterocycles. The number of hydrogen-bond acceptors (Lipinski definition) is 1. The van der Waals surface area contributed by atoms with Crippen LogP contribution >= 0.6 is 0 Å². The Balaban J connectivity index is 1.62. The van der Waals surface area contributed by atoms with E-state index in [1.807, 2.05) is 11.8 Å². The second kappa shape index (κ2) is 6.84. The lowest BCUT2D eigenvalue weighted by molar-refractivity contribution is -0.131. The molecule has 0 spiro atoms. The highest BCUT2D eigenvalue weighted by Gasteiger charge is 2.30. The van der Waals surface area contributed by atoms with Crippen LogP contribution in [0, 0.1) is 26.6 Å². The van der Waals surface area contributed by atoms with Gasteiger partial charge in [0.05, 0.1) is 12.5 Å². The van der Waals surface area contributed by atoms with E-state index in [4.69, 9.17) is 0 Å². The number of aromatic nitrogens is 1. The first-order chi connectivity index (χ1) is 12.9. The van der Waals surface area contributed by atoms with Crippen LogP contribution in [0.2, 0.25) is 0 Å². The maximum absolute atomic E-state index is 13.7. The molecule has 1 aliphatic heterocycles. The number of fused-ring (bicyclic) bond motifs is 1. The number of carbonyl (C=O) groups is 1. The van der Waals surface area contributed by atoms with Crippen LogP contribution in [0.3, 0.4) is 0 Å². The summed E-state index contributed by atoms with van der Waals surface area (Å²) in [6.07, 6.45) is 2.32. The van der Waals surface area contributed by atoms with Gasteiger partial charge in [-0.15, -0.1) is 0 Å². The number of nitrogens with zero attached hydrogens (tertiary/aromatic N) is 1. The Morgan fingerprint density at radius 3 is 2.74 bits per heavy atom. The SMILES string of the molecule is Cc1ccc(C2CCCN2C(=O)Cc2c(C)[nH]c3ccc(F)cc23)cc1C. The van der Waals surface area contributed by atoms with Gasteiger partial charge in [0, 0.05) is 23.1 Å². The summed E-state index contributed by atoms with van der Waals surface area (Å²) in [5, 5.41) is 0.808. The van der Waals surface area contributed by atoms with Crippen LogP contribution < -0.4 is 0 Å². The van der Waals surface area contributed by atoms with Crippen molar-refractivity contribution in [2.45, 2.75) is 46.1 Å². The van der Waals surface area contributed by atoms with Gasteiger partial charge >= 0.3 is 0 Å². The number of carbonyl (C=O) groups excluding carboxylic acids is 1. The Bertz CT molecular complexity index is 1020. The van der Waals surface area contributed by atoms with E-state index in [2.05, 4.69) is 37.0 Å². The first-order valence-corrected chi connectivity index (χ1v) is 9.57. The summed E-state index contributed by atoms with van der Waals surface area (Å²) in [5.41, 5.74) is 6.46. The van der Waals surface area contributed by atoms with Gasteiger partial charge in [0.2, 0.25) is 5.91 Å². The molecule has 2 aromatic carbocycles. The van der Waals surface area contributed by atoms with E-state index in [-0.39, 0.29) is 17.8 Å². The number of benzene rings is 2. The van der Waals surface area contributed by atoms with Crippen molar-refractivity contribution >= 4 is 16.8 Å². The fourth-order valence-electron chi connectivity index (χ4n) is 4.22. The molecular weight excluding hydrogens is 339 g/mol. The van der Waals surface area contributed by atoms with E-state index >= 15 is 0 Å². The molecule has 0 radical (unpaired) electrons. The molecule has 4 heteroatoms. The van der Waals surface area contributed by atoms with E-state index < -0.39 is 0 Å². The molecule has 4 rings (SSSR count). The van der Waals surface area contributed by atoms with Gasteiger partial charge < -0.3 is 9.88 Å². The third kappa shape index (κ3) is 3.25. The molecule has 3 aromatic rings. The number of likely N-dealkylation sites (tertiary alicyclic amines) is 1. The minimum Gasteiger partial charge on any atom is -0.358 e. The standard InChI is InChI=1S/C23H25FN2O/c1-14-6-7-17(11-15(14)2)22-5-4-10-26(22)23(27)13-19-16(3)25-21-9-8-18(24)12-20(19)21/h6-9,11-12,22,25H,4-5,10,13H2,1-3H3. The number of rotatable bonds is 3. The number of aromatic amines is 1. The third-order valence-corrected chi connectivity index (χ3v) is 5.90. The summed E-state index contributed by atoms with van der Waals surface area (Å²) in [4.78, 5) is 18.4. The maximum Gasteiger partial charge on any atom is 0.227 e. The molecule has 1 aliphatic rings. The van der Waals surface area contributed by atoms with E-state index in [0.717, 1.165) is 41.5 Å². The number of nitrogens with one attached hydrogen (secondary N) is 1. The summed E-state index contributed by atoms with van der Waals surface area (Å²) in [6.45, 7) is 6.96. The lowest BCUT2D eigenvalue weighted by Crippen LogP contribution is -2.32. The van der Waals surface area contributed by atoms with Gasteiger partial charge in [0.1, 0.15) is 5.82 Å². The molecule has 140 valence electrons. The third-order valence-electron chi connectivity index (χ3n) is 5.90. The largest absolute Gasteiger partial charge is 0.358 e. The van der Waals surface area contributed by atoms with Crippen LogP contribution in [-0.4, -0.2) is 22.3 Å². The second-order valence-electron chi connectivity index (χ2n) is 7.68. The Morgan fingerprint density at radius 2 is 1.96 bits per heavy atom.